The van der Waals surface area contributed by atoms with Gasteiger partial charge in [-0.2, -0.15) is 8.78 Å². The molecule has 4 nitrogen and oxygen atoms in total. The summed E-state index contributed by atoms with van der Waals surface area (Å²) in [6.07, 6.45) is 0. The number of aryl methyl sites for hydroxylation is 1. The van der Waals surface area contributed by atoms with Crippen LogP contribution in [0.3, 0.4) is 0 Å². The van der Waals surface area contributed by atoms with Crippen molar-refractivity contribution in [3.05, 3.63) is 51.7 Å². The standard InChI is InChI=1S/C14H13F2NO3S2/c1-9-6-7-21-12(9)8-17-13(18)10-2-4-11(5-3-10)22(19,20)14(15)16/h2-7,14H,8H2,1H3,(H,17,18). The van der Waals surface area contributed by atoms with E-state index in [-0.39, 0.29) is 5.56 Å². The van der Waals surface area contributed by atoms with Gasteiger partial charge in [-0.25, -0.2) is 8.42 Å². The Labute approximate surface area is 130 Å². The Hall–Kier alpha value is -1.80. The summed E-state index contributed by atoms with van der Waals surface area (Å²) >= 11 is 1.52. The van der Waals surface area contributed by atoms with Crippen LogP contribution in [0, 0.1) is 6.92 Å². The van der Waals surface area contributed by atoms with E-state index in [9.17, 15) is 22.0 Å². The lowest BCUT2D eigenvalue weighted by Crippen LogP contribution is -2.22. The van der Waals surface area contributed by atoms with E-state index in [0.29, 0.717) is 6.54 Å². The van der Waals surface area contributed by atoms with Gasteiger partial charge in [-0.1, -0.05) is 0 Å². The van der Waals surface area contributed by atoms with E-state index >= 15 is 0 Å². The molecule has 118 valence electrons. The van der Waals surface area contributed by atoms with E-state index in [2.05, 4.69) is 5.32 Å². The molecular formula is C14H13F2NO3S2. The number of carbonyl (C=O) groups is 1. The van der Waals surface area contributed by atoms with Crippen LogP contribution < -0.4 is 5.32 Å². The third-order valence-corrected chi connectivity index (χ3v) is 5.48. The summed E-state index contributed by atoms with van der Waals surface area (Å²) in [6.45, 7) is 2.29. The molecule has 1 amide bonds. The molecule has 0 bridgehead atoms. The number of hydrogen-bond donors (Lipinski definition) is 1. The fourth-order valence-electron chi connectivity index (χ4n) is 1.75. The second-order valence-electron chi connectivity index (χ2n) is 4.54. The van der Waals surface area contributed by atoms with Crippen LogP contribution in [0.4, 0.5) is 8.78 Å². The molecule has 8 heteroatoms. The number of carbonyl (C=O) groups excluding carboxylic acids is 1. The normalized spacial score (nSPS) is 11.6. The Morgan fingerprint density at radius 3 is 2.36 bits per heavy atom. The van der Waals surface area contributed by atoms with E-state index in [1.807, 2.05) is 18.4 Å². The third kappa shape index (κ3) is 3.50. The van der Waals surface area contributed by atoms with E-state index in [0.717, 1.165) is 22.6 Å². The highest BCUT2D eigenvalue weighted by atomic mass is 32.2. The molecule has 0 radical (unpaired) electrons. The number of amides is 1. The van der Waals surface area contributed by atoms with Crippen LogP contribution in [0.15, 0.2) is 40.6 Å². The lowest BCUT2D eigenvalue weighted by Gasteiger charge is -2.06. The Kier molecular flexibility index (Phi) is 4.92. The second kappa shape index (κ2) is 6.53. The quantitative estimate of drug-likeness (QED) is 0.906. The zero-order valence-corrected chi connectivity index (χ0v) is 13.2. The maximum absolute atomic E-state index is 12.4. The Morgan fingerprint density at radius 1 is 1.23 bits per heavy atom. The monoisotopic (exact) mass is 345 g/mol. The first-order chi connectivity index (χ1) is 10.3. The van der Waals surface area contributed by atoms with Crippen LogP contribution in [-0.2, 0) is 16.4 Å². The molecule has 1 heterocycles. The minimum absolute atomic E-state index is 0.211. The summed E-state index contributed by atoms with van der Waals surface area (Å²) in [5.41, 5.74) is 1.28. The molecule has 1 N–H and O–H groups in total. The predicted octanol–water partition coefficient (Wildman–Crippen LogP) is 2.98. The molecule has 0 aliphatic heterocycles. The Balaban J connectivity index is 2.07. The minimum Gasteiger partial charge on any atom is -0.347 e. The summed E-state index contributed by atoms with van der Waals surface area (Å²) in [6, 6.07) is 6.38. The van der Waals surface area contributed by atoms with Gasteiger partial charge in [0.25, 0.3) is 5.91 Å². The summed E-state index contributed by atoms with van der Waals surface area (Å²) < 4.78 is 47.4. The van der Waals surface area contributed by atoms with Gasteiger partial charge in [0.1, 0.15) is 0 Å². The molecular weight excluding hydrogens is 332 g/mol. The van der Waals surface area contributed by atoms with Gasteiger partial charge in [0.2, 0.25) is 9.84 Å². The largest absolute Gasteiger partial charge is 0.347 e. The maximum atomic E-state index is 12.4. The minimum atomic E-state index is -4.64. The van der Waals surface area contributed by atoms with Crippen molar-refractivity contribution < 1.29 is 22.0 Å². The lowest BCUT2D eigenvalue weighted by atomic mass is 10.2. The molecule has 0 saturated carbocycles. The predicted molar refractivity (Wildman–Crippen MR) is 79.9 cm³/mol. The van der Waals surface area contributed by atoms with Crippen molar-refractivity contribution in [2.45, 2.75) is 24.1 Å². The van der Waals surface area contributed by atoms with Gasteiger partial charge in [0.05, 0.1) is 11.4 Å². The molecule has 0 unspecified atom stereocenters. The average Bonchev–Trinajstić information content (AvgIpc) is 2.90. The smallest absolute Gasteiger partial charge is 0.341 e. The molecule has 2 aromatic rings. The van der Waals surface area contributed by atoms with Gasteiger partial charge in [-0.15, -0.1) is 11.3 Å². The van der Waals surface area contributed by atoms with Crippen LogP contribution in [0.5, 0.6) is 0 Å². The first-order valence-corrected chi connectivity index (χ1v) is 8.68. The van der Waals surface area contributed by atoms with Gasteiger partial charge in [-0.05, 0) is 48.2 Å². The van der Waals surface area contributed by atoms with E-state index in [4.69, 9.17) is 0 Å². The number of sulfone groups is 1. The summed E-state index contributed by atoms with van der Waals surface area (Å²) in [4.78, 5) is 12.5. The first kappa shape index (κ1) is 16.6. The highest BCUT2D eigenvalue weighted by Crippen LogP contribution is 2.19. The van der Waals surface area contributed by atoms with Crippen LogP contribution in [-0.4, -0.2) is 20.1 Å². The SMILES string of the molecule is Cc1ccsc1CNC(=O)c1ccc(S(=O)(=O)C(F)F)cc1. The molecule has 0 spiro atoms. The summed E-state index contributed by atoms with van der Waals surface area (Å²) in [5, 5.41) is 4.61. The van der Waals surface area contributed by atoms with Crippen LogP contribution in [0.1, 0.15) is 20.8 Å². The highest BCUT2D eigenvalue weighted by molar-refractivity contribution is 7.91. The van der Waals surface area contributed by atoms with Crippen LogP contribution in [0.2, 0.25) is 0 Å². The van der Waals surface area contributed by atoms with E-state index in [1.54, 1.807) is 0 Å². The van der Waals surface area contributed by atoms with Crippen LogP contribution >= 0.6 is 11.3 Å². The van der Waals surface area contributed by atoms with Crippen molar-refractivity contribution in [1.82, 2.24) is 5.32 Å². The van der Waals surface area contributed by atoms with Gasteiger partial charge < -0.3 is 5.32 Å². The summed E-state index contributed by atoms with van der Waals surface area (Å²) in [5.74, 6) is -3.87. The molecule has 0 fully saturated rings. The van der Waals surface area contributed by atoms with Gasteiger partial charge in [0, 0.05) is 10.4 Å². The van der Waals surface area contributed by atoms with Crippen molar-refractivity contribution in [2.75, 3.05) is 0 Å². The fraction of sp³-hybridized carbons (Fsp3) is 0.214. The number of rotatable bonds is 5. The van der Waals surface area contributed by atoms with Crippen molar-refractivity contribution in [2.24, 2.45) is 0 Å². The van der Waals surface area contributed by atoms with Crippen molar-refractivity contribution in [3.63, 3.8) is 0 Å². The second-order valence-corrected chi connectivity index (χ2v) is 7.46. The van der Waals surface area contributed by atoms with Gasteiger partial charge in [-0.3, -0.25) is 4.79 Å². The lowest BCUT2D eigenvalue weighted by molar-refractivity contribution is 0.0951. The average molecular weight is 345 g/mol. The number of alkyl halides is 2. The fourth-order valence-corrected chi connectivity index (χ4v) is 3.31. The number of nitrogens with one attached hydrogen (secondary N) is 1. The maximum Gasteiger partial charge on any atom is 0.341 e. The molecule has 2 rings (SSSR count). The number of thiophene rings is 1. The number of benzene rings is 1. The molecule has 0 atom stereocenters. The summed E-state index contributed by atoms with van der Waals surface area (Å²) in [7, 11) is -4.64. The zero-order valence-electron chi connectivity index (χ0n) is 11.5. The first-order valence-electron chi connectivity index (χ1n) is 6.25. The Morgan fingerprint density at radius 2 is 1.86 bits per heavy atom. The topological polar surface area (TPSA) is 63.2 Å². The molecule has 0 saturated heterocycles. The molecule has 0 aliphatic rings. The third-order valence-electron chi connectivity index (χ3n) is 3.06. The van der Waals surface area contributed by atoms with Crippen molar-refractivity contribution in [3.8, 4) is 0 Å². The van der Waals surface area contributed by atoms with Crippen LogP contribution in [0.25, 0.3) is 0 Å². The van der Waals surface area contributed by atoms with Crippen molar-refractivity contribution >= 4 is 27.1 Å². The van der Waals surface area contributed by atoms with E-state index in [1.165, 1.54) is 23.5 Å². The van der Waals surface area contributed by atoms with Gasteiger partial charge in [0.15, 0.2) is 0 Å². The zero-order chi connectivity index (χ0) is 16.3. The number of hydrogen-bond acceptors (Lipinski definition) is 4. The Bertz CT molecular complexity index is 768. The molecule has 1 aromatic carbocycles. The molecule has 1 aromatic heterocycles. The van der Waals surface area contributed by atoms with Gasteiger partial charge >= 0.3 is 5.76 Å². The van der Waals surface area contributed by atoms with Crippen molar-refractivity contribution in [1.29, 1.82) is 0 Å². The highest BCUT2D eigenvalue weighted by Gasteiger charge is 2.26. The molecule has 0 aliphatic carbocycles. The van der Waals surface area contributed by atoms with E-state index < -0.39 is 26.4 Å². The molecule has 22 heavy (non-hydrogen) atoms. The number of halogens is 2.